The predicted molar refractivity (Wildman–Crippen MR) is 96.4 cm³/mol. The topological polar surface area (TPSA) is 40.6 Å². The second kappa shape index (κ2) is 8.86. The van der Waals surface area contributed by atoms with Crippen molar-refractivity contribution in [3.8, 4) is 0 Å². The van der Waals surface area contributed by atoms with E-state index < -0.39 is 0 Å². The van der Waals surface area contributed by atoms with Crippen molar-refractivity contribution in [2.75, 3.05) is 6.54 Å². The van der Waals surface area contributed by atoms with Crippen molar-refractivity contribution in [3.63, 3.8) is 0 Å². The molecule has 0 aliphatic heterocycles. The Labute approximate surface area is 145 Å². The number of nitrogens with zero attached hydrogens (tertiary/aromatic N) is 2. The monoisotopic (exact) mass is 330 g/mol. The standard InChI is InChI=1S/C20H30N2O2/c1-16(2)21(14-18-10-6-4-7-11-18)20(24)15-22(17(3)23)19-12-8-5-9-13-19/h4,6-7,10-11,16,19H,5,8-9,12-15H2,1-3H3. The normalized spacial score (nSPS) is 15.3. The summed E-state index contributed by atoms with van der Waals surface area (Å²) >= 11 is 0. The van der Waals surface area contributed by atoms with E-state index in [4.69, 9.17) is 0 Å². The molecule has 0 saturated heterocycles. The molecule has 1 aliphatic rings. The van der Waals surface area contributed by atoms with Crippen molar-refractivity contribution in [1.82, 2.24) is 9.80 Å². The Balaban J connectivity index is 2.05. The van der Waals surface area contributed by atoms with Crippen molar-refractivity contribution in [2.24, 2.45) is 0 Å². The molecular weight excluding hydrogens is 300 g/mol. The lowest BCUT2D eigenvalue weighted by Crippen LogP contribution is -2.48. The SMILES string of the molecule is CC(=O)N(CC(=O)N(Cc1ccccc1)C(C)C)C1CCCCC1. The van der Waals surface area contributed by atoms with Gasteiger partial charge in [-0.05, 0) is 32.3 Å². The number of hydrogen-bond acceptors (Lipinski definition) is 2. The summed E-state index contributed by atoms with van der Waals surface area (Å²) in [5.41, 5.74) is 1.12. The first-order valence-corrected chi connectivity index (χ1v) is 9.09. The van der Waals surface area contributed by atoms with Crippen LogP contribution in [0.15, 0.2) is 30.3 Å². The van der Waals surface area contributed by atoms with Gasteiger partial charge in [0, 0.05) is 25.6 Å². The minimum absolute atomic E-state index is 0.0127. The van der Waals surface area contributed by atoms with Crippen LogP contribution in [0.4, 0.5) is 0 Å². The van der Waals surface area contributed by atoms with Gasteiger partial charge in [0.2, 0.25) is 11.8 Å². The maximum absolute atomic E-state index is 12.9. The van der Waals surface area contributed by atoms with Crippen LogP contribution in [-0.2, 0) is 16.1 Å². The molecule has 1 fully saturated rings. The fourth-order valence-corrected chi connectivity index (χ4v) is 3.47. The molecule has 2 amide bonds. The highest BCUT2D eigenvalue weighted by Gasteiger charge is 2.27. The lowest BCUT2D eigenvalue weighted by molar-refractivity contribution is -0.143. The zero-order valence-electron chi connectivity index (χ0n) is 15.2. The molecule has 0 atom stereocenters. The summed E-state index contributed by atoms with van der Waals surface area (Å²) in [4.78, 5) is 28.6. The highest BCUT2D eigenvalue weighted by molar-refractivity contribution is 5.84. The number of amides is 2. The van der Waals surface area contributed by atoms with E-state index in [0.29, 0.717) is 6.54 Å². The van der Waals surface area contributed by atoms with E-state index in [-0.39, 0.29) is 30.4 Å². The molecule has 0 aromatic heterocycles. The second-order valence-electron chi connectivity index (χ2n) is 7.04. The highest BCUT2D eigenvalue weighted by atomic mass is 16.2. The van der Waals surface area contributed by atoms with Crippen molar-refractivity contribution in [3.05, 3.63) is 35.9 Å². The molecule has 0 spiro atoms. The molecule has 132 valence electrons. The van der Waals surface area contributed by atoms with Gasteiger partial charge in [0.15, 0.2) is 0 Å². The molecule has 1 aromatic carbocycles. The molecule has 1 aliphatic carbocycles. The van der Waals surface area contributed by atoms with E-state index in [0.717, 1.165) is 31.2 Å². The summed E-state index contributed by atoms with van der Waals surface area (Å²) in [6.45, 7) is 6.43. The molecule has 0 heterocycles. The highest BCUT2D eigenvalue weighted by Crippen LogP contribution is 2.23. The lowest BCUT2D eigenvalue weighted by Gasteiger charge is -2.36. The summed E-state index contributed by atoms with van der Waals surface area (Å²) in [6, 6.07) is 10.4. The lowest BCUT2D eigenvalue weighted by atomic mass is 9.94. The van der Waals surface area contributed by atoms with Gasteiger partial charge in [-0.2, -0.15) is 0 Å². The Morgan fingerprint density at radius 1 is 1.08 bits per heavy atom. The molecule has 0 N–H and O–H groups in total. The molecule has 0 bridgehead atoms. The zero-order valence-corrected chi connectivity index (χ0v) is 15.2. The summed E-state index contributed by atoms with van der Waals surface area (Å²) in [6.07, 6.45) is 5.59. The minimum atomic E-state index is 0.0127. The first-order chi connectivity index (χ1) is 11.5. The van der Waals surface area contributed by atoms with Crippen molar-refractivity contribution in [2.45, 2.75) is 71.5 Å². The third-order valence-electron chi connectivity index (χ3n) is 4.86. The molecule has 2 rings (SSSR count). The zero-order chi connectivity index (χ0) is 17.5. The van der Waals surface area contributed by atoms with Gasteiger partial charge in [-0.3, -0.25) is 9.59 Å². The van der Waals surface area contributed by atoms with Crippen LogP contribution in [0.2, 0.25) is 0 Å². The number of carbonyl (C=O) groups is 2. The summed E-state index contributed by atoms with van der Waals surface area (Å²) < 4.78 is 0. The molecule has 0 unspecified atom stereocenters. The van der Waals surface area contributed by atoms with Gasteiger partial charge in [0.1, 0.15) is 6.54 Å². The number of rotatable bonds is 6. The van der Waals surface area contributed by atoms with Crippen LogP contribution in [0.25, 0.3) is 0 Å². The molecule has 1 aromatic rings. The predicted octanol–water partition coefficient (Wildman–Crippen LogP) is 3.60. The fourth-order valence-electron chi connectivity index (χ4n) is 3.47. The molecule has 1 saturated carbocycles. The Hall–Kier alpha value is -1.84. The average Bonchev–Trinajstić information content (AvgIpc) is 2.58. The van der Waals surface area contributed by atoms with Crippen LogP contribution in [0.3, 0.4) is 0 Å². The third-order valence-corrected chi connectivity index (χ3v) is 4.86. The average molecular weight is 330 g/mol. The summed E-state index contributed by atoms with van der Waals surface area (Å²) in [5, 5.41) is 0. The van der Waals surface area contributed by atoms with E-state index in [2.05, 4.69) is 0 Å². The summed E-state index contributed by atoms with van der Waals surface area (Å²) in [5.74, 6) is 0.0493. The Bertz CT molecular complexity index is 536. The van der Waals surface area contributed by atoms with E-state index in [1.165, 1.54) is 6.42 Å². The van der Waals surface area contributed by atoms with E-state index in [1.807, 2.05) is 49.1 Å². The summed E-state index contributed by atoms with van der Waals surface area (Å²) in [7, 11) is 0. The van der Waals surface area contributed by atoms with Crippen LogP contribution in [0.5, 0.6) is 0 Å². The number of benzene rings is 1. The van der Waals surface area contributed by atoms with Gasteiger partial charge in [0.25, 0.3) is 0 Å². The van der Waals surface area contributed by atoms with Gasteiger partial charge in [-0.1, -0.05) is 49.6 Å². The van der Waals surface area contributed by atoms with Gasteiger partial charge in [-0.25, -0.2) is 0 Å². The number of carbonyl (C=O) groups excluding carboxylic acids is 2. The van der Waals surface area contributed by atoms with Crippen molar-refractivity contribution in [1.29, 1.82) is 0 Å². The van der Waals surface area contributed by atoms with Gasteiger partial charge < -0.3 is 9.80 Å². The van der Waals surface area contributed by atoms with Crippen molar-refractivity contribution < 1.29 is 9.59 Å². The Kier molecular flexibility index (Phi) is 6.83. The molecule has 0 radical (unpaired) electrons. The fraction of sp³-hybridized carbons (Fsp3) is 0.600. The van der Waals surface area contributed by atoms with Gasteiger partial charge >= 0.3 is 0 Å². The van der Waals surface area contributed by atoms with E-state index >= 15 is 0 Å². The smallest absolute Gasteiger partial charge is 0.242 e. The van der Waals surface area contributed by atoms with Crippen LogP contribution < -0.4 is 0 Å². The van der Waals surface area contributed by atoms with Gasteiger partial charge in [0.05, 0.1) is 0 Å². The first-order valence-electron chi connectivity index (χ1n) is 9.09. The van der Waals surface area contributed by atoms with Gasteiger partial charge in [-0.15, -0.1) is 0 Å². The van der Waals surface area contributed by atoms with E-state index in [9.17, 15) is 9.59 Å². The second-order valence-corrected chi connectivity index (χ2v) is 7.04. The maximum atomic E-state index is 12.9. The van der Waals surface area contributed by atoms with Crippen LogP contribution >= 0.6 is 0 Å². The molecule has 4 heteroatoms. The molecule has 24 heavy (non-hydrogen) atoms. The molecule has 4 nitrogen and oxygen atoms in total. The van der Waals surface area contributed by atoms with Crippen LogP contribution in [0.1, 0.15) is 58.4 Å². The van der Waals surface area contributed by atoms with Crippen molar-refractivity contribution >= 4 is 11.8 Å². The Morgan fingerprint density at radius 2 is 1.71 bits per heavy atom. The molecular formula is C20H30N2O2. The first kappa shape index (κ1) is 18.5. The third kappa shape index (κ3) is 5.08. The van der Waals surface area contributed by atoms with Crippen LogP contribution in [-0.4, -0.2) is 40.2 Å². The largest absolute Gasteiger partial charge is 0.334 e. The minimum Gasteiger partial charge on any atom is -0.334 e. The maximum Gasteiger partial charge on any atom is 0.242 e. The van der Waals surface area contributed by atoms with Crippen LogP contribution in [0, 0.1) is 0 Å². The quantitative estimate of drug-likeness (QED) is 0.799. The number of hydrogen-bond donors (Lipinski definition) is 0. The van der Waals surface area contributed by atoms with E-state index in [1.54, 1.807) is 11.8 Å². The Morgan fingerprint density at radius 3 is 2.25 bits per heavy atom.